The van der Waals surface area contributed by atoms with E-state index in [4.69, 9.17) is 16.3 Å². The summed E-state index contributed by atoms with van der Waals surface area (Å²) in [5.41, 5.74) is 1.74. The highest BCUT2D eigenvalue weighted by Gasteiger charge is 2.26. The first-order chi connectivity index (χ1) is 10.1. The Hall–Kier alpha value is -1.52. The standard InChI is InChI=1S/C16H13BrClNO2/c17-15-12(18)5-3-6-13(15)19-16(20)11-8-10-4-1-2-7-14(10)21-9-11/h1-7,11H,8-9H2,(H,19,20). The van der Waals surface area contributed by atoms with Gasteiger partial charge in [0.2, 0.25) is 5.91 Å². The summed E-state index contributed by atoms with van der Waals surface area (Å²) in [4.78, 5) is 12.4. The molecular formula is C16H13BrClNO2. The van der Waals surface area contributed by atoms with Crippen molar-refractivity contribution in [3.8, 4) is 5.75 Å². The molecule has 108 valence electrons. The van der Waals surface area contributed by atoms with Crippen LogP contribution >= 0.6 is 27.5 Å². The Morgan fingerprint density at radius 2 is 2.05 bits per heavy atom. The largest absolute Gasteiger partial charge is 0.492 e. The fourth-order valence-corrected chi connectivity index (χ4v) is 2.87. The van der Waals surface area contributed by atoms with Crippen LogP contribution in [0, 0.1) is 5.92 Å². The topological polar surface area (TPSA) is 38.3 Å². The molecule has 0 radical (unpaired) electrons. The summed E-state index contributed by atoms with van der Waals surface area (Å²) in [5, 5.41) is 3.47. The van der Waals surface area contributed by atoms with Crippen molar-refractivity contribution in [3.63, 3.8) is 0 Å². The number of ether oxygens (including phenoxy) is 1. The number of anilines is 1. The lowest BCUT2D eigenvalue weighted by molar-refractivity contribution is -0.121. The molecule has 1 aliphatic rings. The average molecular weight is 367 g/mol. The van der Waals surface area contributed by atoms with Crippen LogP contribution in [0.4, 0.5) is 5.69 Å². The zero-order valence-corrected chi connectivity index (χ0v) is 13.4. The van der Waals surface area contributed by atoms with Gasteiger partial charge >= 0.3 is 0 Å². The molecule has 1 aliphatic heterocycles. The zero-order valence-electron chi connectivity index (χ0n) is 11.1. The Morgan fingerprint density at radius 3 is 2.90 bits per heavy atom. The van der Waals surface area contributed by atoms with Gasteiger partial charge in [-0.2, -0.15) is 0 Å². The second kappa shape index (κ2) is 6.08. The summed E-state index contributed by atoms with van der Waals surface area (Å²) in [6.45, 7) is 0.390. The number of para-hydroxylation sites is 1. The predicted molar refractivity (Wildman–Crippen MR) is 86.9 cm³/mol. The molecule has 2 aromatic carbocycles. The van der Waals surface area contributed by atoms with E-state index in [1.807, 2.05) is 30.3 Å². The van der Waals surface area contributed by atoms with Crippen LogP contribution in [0.25, 0.3) is 0 Å². The number of benzene rings is 2. The molecule has 2 aromatic rings. The van der Waals surface area contributed by atoms with Gasteiger partial charge in [0.05, 0.1) is 21.1 Å². The van der Waals surface area contributed by atoms with Crippen LogP contribution in [-0.4, -0.2) is 12.5 Å². The van der Waals surface area contributed by atoms with Crippen molar-refractivity contribution in [1.82, 2.24) is 0 Å². The zero-order chi connectivity index (χ0) is 14.8. The van der Waals surface area contributed by atoms with E-state index in [2.05, 4.69) is 21.2 Å². The molecule has 3 nitrogen and oxygen atoms in total. The number of nitrogens with one attached hydrogen (secondary N) is 1. The minimum atomic E-state index is -0.203. The van der Waals surface area contributed by atoms with E-state index in [9.17, 15) is 4.79 Å². The molecule has 0 aliphatic carbocycles. The first-order valence-corrected chi connectivity index (χ1v) is 7.78. The molecular weight excluding hydrogens is 354 g/mol. The van der Waals surface area contributed by atoms with Crippen molar-refractivity contribution in [2.75, 3.05) is 11.9 Å². The number of carbonyl (C=O) groups excluding carboxylic acids is 1. The van der Waals surface area contributed by atoms with Gasteiger partial charge < -0.3 is 10.1 Å². The quantitative estimate of drug-likeness (QED) is 0.861. The van der Waals surface area contributed by atoms with Gasteiger partial charge in [-0.05, 0) is 46.1 Å². The van der Waals surface area contributed by atoms with Gasteiger partial charge in [-0.1, -0.05) is 35.9 Å². The number of rotatable bonds is 2. The highest BCUT2D eigenvalue weighted by atomic mass is 79.9. The van der Waals surface area contributed by atoms with E-state index in [1.54, 1.807) is 12.1 Å². The number of amides is 1. The van der Waals surface area contributed by atoms with E-state index in [-0.39, 0.29) is 11.8 Å². The van der Waals surface area contributed by atoms with Crippen LogP contribution < -0.4 is 10.1 Å². The number of hydrogen-bond donors (Lipinski definition) is 1. The van der Waals surface area contributed by atoms with Gasteiger partial charge in [0, 0.05) is 0 Å². The summed E-state index contributed by atoms with van der Waals surface area (Å²) in [5.74, 6) is 0.601. The first-order valence-electron chi connectivity index (χ1n) is 6.60. The summed E-state index contributed by atoms with van der Waals surface area (Å²) in [6.07, 6.45) is 0.681. The third-order valence-electron chi connectivity index (χ3n) is 3.46. The maximum atomic E-state index is 12.4. The predicted octanol–water partition coefficient (Wildman–Crippen LogP) is 4.29. The Labute approximate surface area is 136 Å². The van der Waals surface area contributed by atoms with Crippen molar-refractivity contribution in [2.45, 2.75) is 6.42 Å². The van der Waals surface area contributed by atoms with E-state index in [0.717, 1.165) is 11.3 Å². The summed E-state index contributed by atoms with van der Waals surface area (Å²) in [6, 6.07) is 13.2. The Kier molecular flexibility index (Phi) is 4.17. The molecule has 5 heteroatoms. The molecule has 1 unspecified atom stereocenters. The van der Waals surface area contributed by atoms with Crippen molar-refractivity contribution in [1.29, 1.82) is 0 Å². The molecule has 0 aromatic heterocycles. The molecule has 1 N–H and O–H groups in total. The molecule has 0 spiro atoms. The van der Waals surface area contributed by atoms with Crippen LogP contribution in [0.1, 0.15) is 5.56 Å². The number of halogens is 2. The molecule has 0 fully saturated rings. The van der Waals surface area contributed by atoms with Gasteiger partial charge in [0.1, 0.15) is 12.4 Å². The lowest BCUT2D eigenvalue weighted by Gasteiger charge is -2.24. The third kappa shape index (κ3) is 3.06. The molecule has 1 atom stereocenters. The smallest absolute Gasteiger partial charge is 0.231 e. The molecule has 0 saturated carbocycles. The van der Waals surface area contributed by atoms with Crippen LogP contribution in [0.2, 0.25) is 5.02 Å². The van der Waals surface area contributed by atoms with Crippen molar-refractivity contribution < 1.29 is 9.53 Å². The number of hydrogen-bond acceptors (Lipinski definition) is 2. The van der Waals surface area contributed by atoms with E-state index in [0.29, 0.717) is 28.2 Å². The van der Waals surface area contributed by atoms with Gasteiger partial charge in [0.15, 0.2) is 0 Å². The Morgan fingerprint density at radius 1 is 1.24 bits per heavy atom. The van der Waals surface area contributed by atoms with Crippen molar-refractivity contribution in [3.05, 3.63) is 57.5 Å². The Balaban J connectivity index is 1.74. The van der Waals surface area contributed by atoms with Crippen molar-refractivity contribution >= 4 is 39.1 Å². The summed E-state index contributed by atoms with van der Waals surface area (Å²) >= 11 is 9.41. The lowest BCUT2D eigenvalue weighted by atomic mass is 9.96. The van der Waals surface area contributed by atoms with Gasteiger partial charge in [-0.3, -0.25) is 4.79 Å². The third-order valence-corrected chi connectivity index (χ3v) is 4.86. The highest BCUT2D eigenvalue weighted by Crippen LogP contribution is 2.31. The second-order valence-electron chi connectivity index (χ2n) is 4.91. The molecule has 3 rings (SSSR count). The van der Waals surface area contributed by atoms with Gasteiger partial charge in [-0.15, -0.1) is 0 Å². The van der Waals surface area contributed by atoms with Crippen LogP contribution in [0.5, 0.6) is 5.75 Å². The fourth-order valence-electron chi connectivity index (χ4n) is 2.33. The molecule has 0 bridgehead atoms. The minimum absolute atomic E-state index is 0.0625. The van der Waals surface area contributed by atoms with E-state index in [1.165, 1.54) is 0 Å². The monoisotopic (exact) mass is 365 g/mol. The van der Waals surface area contributed by atoms with Crippen molar-refractivity contribution in [2.24, 2.45) is 5.92 Å². The summed E-state index contributed by atoms with van der Waals surface area (Å²) < 4.78 is 6.34. The minimum Gasteiger partial charge on any atom is -0.492 e. The first kappa shape index (κ1) is 14.4. The maximum Gasteiger partial charge on any atom is 0.231 e. The van der Waals surface area contributed by atoms with E-state index < -0.39 is 0 Å². The normalized spacial score (nSPS) is 16.8. The number of fused-ring (bicyclic) bond motifs is 1. The fraction of sp³-hybridized carbons (Fsp3) is 0.188. The lowest BCUT2D eigenvalue weighted by Crippen LogP contribution is -2.32. The van der Waals surface area contributed by atoms with Crippen LogP contribution in [0.3, 0.4) is 0 Å². The average Bonchev–Trinajstić information content (AvgIpc) is 2.51. The molecule has 0 saturated heterocycles. The van der Waals surface area contributed by atoms with E-state index >= 15 is 0 Å². The molecule has 21 heavy (non-hydrogen) atoms. The number of carbonyl (C=O) groups is 1. The highest BCUT2D eigenvalue weighted by molar-refractivity contribution is 9.10. The molecule has 1 amide bonds. The van der Waals surface area contributed by atoms with Crippen LogP contribution in [-0.2, 0) is 11.2 Å². The van der Waals surface area contributed by atoms with Gasteiger partial charge in [-0.25, -0.2) is 0 Å². The Bertz CT molecular complexity index is 690. The summed E-state index contributed by atoms with van der Waals surface area (Å²) in [7, 11) is 0. The second-order valence-corrected chi connectivity index (χ2v) is 6.11. The van der Waals surface area contributed by atoms with Gasteiger partial charge in [0.25, 0.3) is 0 Å². The SMILES string of the molecule is O=C(Nc1cccc(Cl)c1Br)C1COc2ccccc2C1. The molecule has 1 heterocycles. The van der Waals surface area contributed by atoms with Crippen LogP contribution in [0.15, 0.2) is 46.9 Å². The maximum absolute atomic E-state index is 12.4.